The Labute approximate surface area is 106 Å². The van der Waals surface area contributed by atoms with Crippen molar-refractivity contribution in [2.45, 2.75) is 6.92 Å². The molecular weight excluding hydrogens is 295 g/mol. The van der Waals surface area contributed by atoms with Crippen LogP contribution in [0.25, 0.3) is 0 Å². The lowest BCUT2D eigenvalue weighted by molar-refractivity contribution is -0.137. The van der Waals surface area contributed by atoms with Crippen LogP contribution in [-0.4, -0.2) is 25.5 Å². The van der Waals surface area contributed by atoms with Crippen LogP contribution >= 0.6 is 15.9 Å². The van der Waals surface area contributed by atoms with E-state index in [2.05, 4.69) is 20.7 Å². The molecule has 0 heterocycles. The Morgan fingerprint density at radius 3 is 2.59 bits per heavy atom. The number of esters is 1. The summed E-state index contributed by atoms with van der Waals surface area (Å²) in [6, 6.07) is 2.07. The highest BCUT2D eigenvalue weighted by molar-refractivity contribution is 9.10. The maximum atomic E-state index is 13.2. The molecule has 92 valence electrons. The predicted octanol–water partition coefficient (Wildman–Crippen LogP) is 2.34. The van der Waals surface area contributed by atoms with Crippen LogP contribution in [0.3, 0.4) is 0 Å². The van der Waals surface area contributed by atoms with Crippen LogP contribution in [0, 0.1) is 5.82 Å². The number of benzene rings is 1. The maximum Gasteiger partial charge on any atom is 0.379 e. The number of carbonyl (C=O) groups excluding carboxylic acids is 2. The van der Waals surface area contributed by atoms with Crippen molar-refractivity contribution in [3.8, 4) is 5.75 Å². The van der Waals surface area contributed by atoms with Gasteiger partial charge in [0, 0.05) is 0 Å². The van der Waals surface area contributed by atoms with Crippen molar-refractivity contribution in [1.82, 2.24) is 0 Å². The van der Waals surface area contributed by atoms with E-state index in [0.717, 1.165) is 12.1 Å². The third-order valence-corrected chi connectivity index (χ3v) is 2.51. The third-order valence-electron chi connectivity index (χ3n) is 1.92. The average molecular weight is 305 g/mol. The van der Waals surface area contributed by atoms with E-state index in [4.69, 9.17) is 4.74 Å². The number of Topliss-reactive ketones (excluding diaryl/α,β-unsaturated/α-hetero) is 1. The lowest BCUT2D eigenvalue weighted by Crippen LogP contribution is -2.18. The van der Waals surface area contributed by atoms with E-state index in [1.165, 1.54) is 7.11 Å². The van der Waals surface area contributed by atoms with Crippen molar-refractivity contribution in [3.63, 3.8) is 0 Å². The summed E-state index contributed by atoms with van der Waals surface area (Å²) in [6.07, 6.45) is 0. The second kappa shape index (κ2) is 5.77. The predicted molar refractivity (Wildman–Crippen MR) is 61.6 cm³/mol. The summed E-state index contributed by atoms with van der Waals surface area (Å²) < 4.78 is 22.9. The summed E-state index contributed by atoms with van der Waals surface area (Å²) in [7, 11) is 1.32. The molecule has 0 unspecified atom stereocenters. The van der Waals surface area contributed by atoms with Gasteiger partial charge in [-0.2, -0.15) is 0 Å². The molecule has 0 aromatic heterocycles. The standard InChI is InChI=1S/C11H10BrFO4/c1-3-17-11(15)9(14)7-4-6(13)5-8(12)10(7)16-2/h4-5H,3H2,1-2H3. The van der Waals surface area contributed by atoms with Crippen molar-refractivity contribution >= 4 is 27.7 Å². The Bertz CT molecular complexity index is 459. The highest BCUT2D eigenvalue weighted by atomic mass is 79.9. The number of hydrogen-bond donors (Lipinski definition) is 0. The van der Waals surface area contributed by atoms with E-state index in [0.29, 0.717) is 0 Å². The molecule has 17 heavy (non-hydrogen) atoms. The number of carbonyl (C=O) groups is 2. The number of halogens is 2. The zero-order valence-electron chi connectivity index (χ0n) is 9.25. The summed E-state index contributed by atoms with van der Waals surface area (Å²) in [5.74, 6) is -2.53. The maximum absolute atomic E-state index is 13.2. The van der Waals surface area contributed by atoms with Crippen molar-refractivity contribution in [2.75, 3.05) is 13.7 Å². The van der Waals surface area contributed by atoms with E-state index in [1.54, 1.807) is 6.92 Å². The van der Waals surface area contributed by atoms with Crippen molar-refractivity contribution in [3.05, 3.63) is 28.0 Å². The fourth-order valence-corrected chi connectivity index (χ4v) is 1.84. The van der Waals surface area contributed by atoms with Gasteiger partial charge in [-0.05, 0) is 35.0 Å². The van der Waals surface area contributed by atoms with E-state index in [-0.39, 0.29) is 22.4 Å². The van der Waals surface area contributed by atoms with Crippen LogP contribution in [0.2, 0.25) is 0 Å². The highest BCUT2D eigenvalue weighted by Gasteiger charge is 2.24. The molecule has 0 N–H and O–H groups in total. The zero-order chi connectivity index (χ0) is 13.0. The van der Waals surface area contributed by atoms with E-state index in [1.807, 2.05) is 0 Å². The van der Waals surface area contributed by atoms with E-state index >= 15 is 0 Å². The Morgan fingerprint density at radius 2 is 2.06 bits per heavy atom. The fraction of sp³-hybridized carbons (Fsp3) is 0.273. The number of ether oxygens (including phenoxy) is 2. The Hall–Kier alpha value is -1.43. The molecule has 0 atom stereocenters. The minimum atomic E-state index is -1.04. The molecule has 0 saturated carbocycles. The number of methoxy groups -OCH3 is 1. The first-order valence-electron chi connectivity index (χ1n) is 4.75. The first kappa shape index (κ1) is 13.6. The van der Waals surface area contributed by atoms with Gasteiger partial charge in [0.2, 0.25) is 0 Å². The normalized spacial score (nSPS) is 9.88. The van der Waals surface area contributed by atoms with Gasteiger partial charge >= 0.3 is 5.97 Å². The second-order valence-electron chi connectivity index (χ2n) is 3.02. The van der Waals surface area contributed by atoms with E-state index in [9.17, 15) is 14.0 Å². The second-order valence-corrected chi connectivity index (χ2v) is 3.87. The third kappa shape index (κ3) is 3.03. The SMILES string of the molecule is CCOC(=O)C(=O)c1cc(F)cc(Br)c1OC. The molecule has 0 bridgehead atoms. The number of ketones is 1. The molecule has 1 aromatic rings. The van der Waals surface area contributed by atoms with Gasteiger partial charge in [-0.15, -0.1) is 0 Å². The molecule has 0 aliphatic heterocycles. The molecule has 0 saturated heterocycles. The van der Waals surface area contributed by atoms with Crippen molar-refractivity contribution in [2.24, 2.45) is 0 Å². The molecule has 4 nitrogen and oxygen atoms in total. The molecule has 1 rings (SSSR count). The number of rotatable bonds is 4. The zero-order valence-corrected chi connectivity index (χ0v) is 10.8. The van der Waals surface area contributed by atoms with Crippen molar-refractivity contribution < 1.29 is 23.5 Å². The van der Waals surface area contributed by atoms with Gasteiger partial charge < -0.3 is 9.47 Å². The highest BCUT2D eigenvalue weighted by Crippen LogP contribution is 2.30. The first-order chi connectivity index (χ1) is 8.01. The molecule has 0 aliphatic rings. The van der Waals surface area contributed by atoms with Gasteiger partial charge in [-0.1, -0.05) is 0 Å². The van der Waals surface area contributed by atoms with Gasteiger partial charge in [0.15, 0.2) is 0 Å². The minimum Gasteiger partial charge on any atom is -0.495 e. The van der Waals surface area contributed by atoms with Gasteiger partial charge in [0.05, 0.1) is 23.8 Å². The quantitative estimate of drug-likeness (QED) is 0.487. The van der Waals surface area contributed by atoms with Gasteiger partial charge in [-0.3, -0.25) is 4.79 Å². The molecule has 1 aromatic carbocycles. The summed E-state index contributed by atoms with van der Waals surface area (Å²) in [4.78, 5) is 22.9. The molecule has 0 radical (unpaired) electrons. The Kier molecular flexibility index (Phi) is 4.62. The molecular formula is C11H10BrFO4. The molecule has 6 heteroatoms. The topological polar surface area (TPSA) is 52.6 Å². The summed E-state index contributed by atoms with van der Waals surface area (Å²) in [5, 5.41) is 0. The Balaban J connectivity index is 3.20. The summed E-state index contributed by atoms with van der Waals surface area (Å²) in [6.45, 7) is 1.65. The average Bonchev–Trinajstić information content (AvgIpc) is 2.27. The summed E-state index contributed by atoms with van der Waals surface area (Å²) in [5.41, 5.74) is -0.169. The lowest BCUT2D eigenvalue weighted by atomic mass is 10.1. The number of hydrogen-bond acceptors (Lipinski definition) is 4. The smallest absolute Gasteiger partial charge is 0.379 e. The van der Waals surface area contributed by atoms with Gasteiger partial charge in [0.1, 0.15) is 11.6 Å². The molecule has 0 fully saturated rings. The monoisotopic (exact) mass is 304 g/mol. The molecule has 0 amide bonds. The Morgan fingerprint density at radius 1 is 1.41 bits per heavy atom. The van der Waals surface area contributed by atoms with Crippen LogP contribution in [0.4, 0.5) is 4.39 Å². The lowest BCUT2D eigenvalue weighted by Gasteiger charge is -2.09. The van der Waals surface area contributed by atoms with Crippen LogP contribution in [0.15, 0.2) is 16.6 Å². The van der Waals surface area contributed by atoms with Gasteiger partial charge in [0.25, 0.3) is 5.78 Å². The van der Waals surface area contributed by atoms with Crippen LogP contribution in [-0.2, 0) is 9.53 Å². The fourth-order valence-electron chi connectivity index (χ4n) is 1.24. The molecule has 0 spiro atoms. The first-order valence-corrected chi connectivity index (χ1v) is 5.55. The minimum absolute atomic E-state index is 0.0728. The van der Waals surface area contributed by atoms with Crippen LogP contribution in [0.5, 0.6) is 5.75 Å². The van der Waals surface area contributed by atoms with E-state index < -0.39 is 17.6 Å². The van der Waals surface area contributed by atoms with Crippen molar-refractivity contribution in [1.29, 1.82) is 0 Å². The molecule has 0 aliphatic carbocycles. The van der Waals surface area contributed by atoms with Crippen LogP contribution in [0.1, 0.15) is 17.3 Å². The largest absolute Gasteiger partial charge is 0.495 e. The van der Waals surface area contributed by atoms with Gasteiger partial charge in [-0.25, -0.2) is 9.18 Å². The van der Waals surface area contributed by atoms with Crippen LogP contribution < -0.4 is 4.74 Å². The summed E-state index contributed by atoms with van der Waals surface area (Å²) >= 11 is 3.05.